The molecule has 1 aromatic carbocycles. The molecular weight excluding hydrogens is 266 g/mol. The predicted octanol–water partition coefficient (Wildman–Crippen LogP) is 2.32. The number of anilines is 1. The summed E-state index contributed by atoms with van der Waals surface area (Å²) < 4.78 is 0. The lowest BCUT2D eigenvalue weighted by Gasteiger charge is -2.08. The fourth-order valence-corrected chi connectivity index (χ4v) is 1.93. The number of halogens is 1. The molecule has 19 heavy (non-hydrogen) atoms. The molecule has 3 rings (SSSR count). The van der Waals surface area contributed by atoms with Gasteiger partial charge in [-0.1, -0.05) is 17.7 Å². The summed E-state index contributed by atoms with van der Waals surface area (Å²) >= 11 is 5.78. The molecule has 0 fully saturated rings. The predicted molar refractivity (Wildman–Crippen MR) is 72.1 cm³/mol. The molecule has 0 aliphatic heterocycles. The van der Waals surface area contributed by atoms with E-state index in [1.807, 2.05) is 0 Å². The van der Waals surface area contributed by atoms with Crippen molar-refractivity contribution < 1.29 is 5.11 Å². The highest BCUT2D eigenvalue weighted by molar-refractivity contribution is 6.30. The molecule has 0 saturated heterocycles. The van der Waals surface area contributed by atoms with E-state index in [9.17, 15) is 5.11 Å². The number of hydrogen-bond acceptors (Lipinski definition) is 5. The summed E-state index contributed by atoms with van der Waals surface area (Å²) in [5.41, 5.74) is 2.06. The molecule has 0 saturated carbocycles. The van der Waals surface area contributed by atoms with Gasteiger partial charge in [-0.25, -0.2) is 15.0 Å². The Morgan fingerprint density at radius 1 is 1.26 bits per heavy atom. The number of aromatic hydroxyl groups is 1. The number of aromatic nitrogens is 4. The smallest absolute Gasteiger partial charge is 0.182 e. The van der Waals surface area contributed by atoms with Crippen LogP contribution in [-0.4, -0.2) is 25.0 Å². The van der Waals surface area contributed by atoms with Crippen molar-refractivity contribution in [3.05, 3.63) is 41.4 Å². The van der Waals surface area contributed by atoms with Gasteiger partial charge in [-0.2, -0.15) is 0 Å². The minimum atomic E-state index is 0.148. The van der Waals surface area contributed by atoms with Gasteiger partial charge < -0.3 is 15.4 Å². The van der Waals surface area contributed by atoms with Gasteiger partial charge in [0, 0.05) is 17.1 Å². The van der Waals surface area contributed by atoms with Crippen molar-refractivity contribution in [1.29, 1.82) is 0 Å². The van der Waals surface area contributed by atoms with Crippen LogP contribution in [-0.2, 0) is 6.54 Å². The second kappa shape index (κ2) is 4.74. The summed E-state index contributed by atoms with van der Waals surface area (Å²) in [6.45, 7) is 0.425. The summed E-state index contributed by atoms with van der Waals surface area (Å²) in [5, 5.41) is 13.4. The average Bonchev–Trinajstić information content (AvgIpc) is 2.86. The summed E-state index contributed by atoms with van der Waals surface area (Å²) in [6, 6.07) is 4.99. The third kappa shape index (κ3) is 2.30. The number of phenols is 1. The Hall–Kier alpha value is -2.34. The molecule has 0 radical (unpaired) electrons. The first-order valence-corrected chi connectivity index (χ1v) is 5.97. The Labute approximate surface area is 113 Å². The maximum atomic E-state index is 9.77. The maximum absolute atomic E-state index is 9.77. The molecule has 2 aromatic heterocycles. The van der Waals surface area contributed by atoms with Gasteiger partial charge in [0.2, 0.25) is 0 Å². The molecule has 0 spiro atoms. The molecule has 3 N–H and O–H groups in total. The number of imidazole rings is 1. The van der Waals surface area contributed by atoms with Crippen molar-refractivity contribution in [2.75, 3.05) is 5.32 Å². The van der Waals surface area contributed by atoms with Crippen LogP contribution in [0.15, 0.2) is 30.9 Å². The number of H-pyrrole nitrogens is 1. The molecular formula is C12H10ClN5O. The maximum Gasteiger partial charge on any atom is 0.182 e. The lowest BCUT2D eigenvalue weighted by Crippen LogP contribution is -2.02. The quantitative estimate of drug-likeness (QED) is 0.683. The minimum Gasteiger partial charge on any atom is -0.508 e. The number of benzene rings is 1. The first-order chi connectivity index (χ1) is 9.24. The lowest BCUT2D eigenvalue weighted by atomic mass is 10.2. The highest BCUT2D eigenvalue weighted by Gasteiger charge is 2.07. The van der Waals surface area contributed by atoms with Crippen molar-refractivity contribution in [2.45, 2.75) is 6.54 Å². The van der Waals surface area contributed by atoms with Crippen molar-refractivity contribution in [3.63, 3.8) is 0 Å². The molecule has 0 unspecified atom stereocenters. The molecule has 0 aliphatic rings. The molecule has 0 bridgehead atoms. The van der Waals surface area contributed by atoms with Crippen molar-refractivity contribution in [1.82, 2.24) is 19.9 Å². The Balaban J connectivity index is 1.84. The van der Waals surface area contributed by atoms with Gasteiger partial charge in [-0.15, -0.1) is 0 Å². The SMILES string of the molecule is Oc1cc(Cl)ccc1CNc1ncnc2nc[nH]c12. The number of phenolic OH excluding ortho intramolecular Hbond substituents is 1. The highest BCUT2D eigenvalue weighted by atomic mass is 35.5. The van der Waals surface area contributed by atoms with E-state index in [1.54, 1.807) is 18.5 Å². The Morgan fingerprint density at radius 3 is 3.00 bits per heavy atom. The second-order valence-corrected chi connectivity index (χ2v) is 4.39. The second-order valence-electron chi connectivity index (χ2n) is 3.95. The summed E-state index contributed by atoms with van der Waals surface area (Å²) in [7, 11) is 0. The third-order valence-corrected chi connectivity index (χ3v) is 2.95. The number of aromatic amines is 1. The fraction of sp³-hybridized carbons (Fsp3) is 0.0833. The summed E-state index contributed by atoms with van der Waals surface area (Å²) in [6.07, 6.45) is 3.00. The number of nitrogens with one attached hydrogen (secondary N) is 2. The topological polar surface area (TPSA) is 86.7 Å². The molecule has 7 heteroatoms. The number of rotatable bonds is 3. The zero-order valence-electron chi connectivity index (χ0n) is 9.76. The van der Waals surface area contributed by atoms with Crippen LogP contribution in [0.2, 0.25) is 5.02 Å². The van der Waals surface area contributed by atoms with Gasteiger partial charge in [-0.05, 0) is 12.1 Å². The molecule has 96 valence electrons. The third-order valence-electron chi connectivity index (χ3n) is 2.72. The standard InChI is InChI=1S/C12H10ClN5O/c13-8-2-1-7(9(19)3-8)4-14-11-10-12(16-5-15-10)18-6-17-11/h1-3,5-6,19H,4H2,(H2,14,15,16,17,18). The van der Waals surface area contributed by atoms with E-state index in [0.29, 0.717) is 23.0 Å². The highest BCUT2D eigenvalue weighted by Crippen LogP contribution is 2.23. The largest absolute Gasteiger partial charge is 0.508 e. The van der Waals surface area contributed by atoms with Crippen LogP contribution in [0.1, 0.15) is 5.56 Å². The zero-order chi connectivity index (χ0) is 13.2. The molecule has 0 atom stereocenters. The van der Waals surface area contributed by atoms with Crippen LogP contribution in [0.5, 0.6) is 5.75 Å². The van der Waals surface area contributed by atoms with E-state index in [4.69, 9.17) is 11.6 Å². The van der Waals surface area contributed by atoms with Gasteiger partial charge in [-0.3, -0.25) is 0 Å². The van der Waals surface area contributed by atoms with Crippen molar-refractivity contribution in [3.8, 4) is 5.75 Å². The Bertz CT molecular complexity index is 727. The van der Waals surface area contributed by atoms with Crippen molar-refractivity contribution in [2.24, 2.45) is 0 Å². The molecule has 0 aliphatic carbocycles. The van der Waals surface area contributed by atoms with E-state index in [0.717, 1.165) is 11.1 Å². The van der Waals surface area contributed by atoms with Crippen molar-refractivity contribution >= 4 is 28.6 Å². The number of fused-ring (bicyclic) bond motifs is 1. The molecule has 6 nitrogen and oxygen atoms in total. The normalized spacial score (nSPS) is 10.8. The van der Waals surface area contributed by atoms with Gasteiger partial charge >= 0.3 is 0 Å². The molecule has 0 amide bonds. The van der Waals surface area contributed by atoms with Crippen LogP contribution in [0.4, 0.5) is 5.82 Å². The minimum absolute atomic E-state index is 0.148. The first kappa shape index (κ1) is 11.7. The van der Waals surface area contributed by atoms with Crippen LogP contribution in [0.3, 0.4) is 0 Å². The van der Waals surface area contributed by atoms with E-state index in [-0.39, 0.29) is 5.75 Å². The van der Waals surface area contributed by atoms with Crippen LogP contribution in [0.25, 0.3) is 11.2 Å². The average molecular weight is 276 g/mol. The lowest BCUT2D eigenvalue weighted by molar-refractivity contribution is 0.469. The first-order valence-electron chi connectivity index (χ1n) is 5.59. The monoisotopic (exact) mass is 275 g/mol. The number of nitrogens with zero attached hydrogens (tertiary/aromatic N) is 3. The Kier molecular flexibility index (Phi) is 2.92. The van der Waals surface area contributed by atoms with E-state index in [2.05, 4.69) is 25.3 Å². The number of hydrogen-bond donors (Lipinski definition) is 3. The van der Waals surface area contributed by atoms with E-state index in [1.165, 1.54) is 12.4 Å². The van der Waals surface area contributed by atoms with Crippen LogP contribution >= 0.6 is 11.6 Å². The van der Waals surface area contributed by atoms with Gasteiger partial charge in [0.25, 0.3) is 0 Å². The van der Waals surface area contributed by atoms with Gasteiger partial charge in [0.15, 0.2) is 11.5 Å². The van der Waals surface area contributed by atoms with Gasteiger partial charge in [0.1, 0.15) is 17.6 Å². The van der Waals surface area contributed by atoms with E-state index < -0.39 is 0 Å². The molecule has 2 heterocycles. The zero-order valence-corrected chi connectivity index (χ0v) is 10.5. The van der Waals surface area contributed by atoms with E-state index >= 15 is 0 Å². The van der Waals surface area contributed by atoms with Crippen LogP contribution < -0.4 is 5.32 Å². The van der Waals surface area contributed by atoms with Gasteiger partial charge in [0.05, 0.1) is 6.33 Å². The summed E-state index contributed by atoms with van der Waals surface area (Å²) in [4.78, 5) is 15.2. The molecule has 3 aromatic rings. The summed E-state index contributed by atoms with van der Waals surface area (Å²) in [5.74, 6) is 0.784. The Morgan fingerprint density at radius 2 is 2.16 bits per heavy atom. The fourth-order valence-electron chi connectivity index (χ4n) is 1.76. The van der Waals surface area contributed by atoms with Crippen LogP contribution in [0, 0.1) is 0 Å².